The molecule has 1 aliphatic heterocycles. The molecule has 0 saturated carbocycles. The molecule has 9 nitrogen and oxygen atoms in total. The van der Waals surface area contributed by atoms with Gasteiger partial charge in [-0.2, -0.15) is 0 Å². The van der Waals surface area contributed by atoms with E-state index in [9.17, 15) is 24.6 Å². The third-order valence-electron chi connectivity index (χ3n) is 7.01. The molecule has 40 heavy (non-hydrogen) atoms. The van der Waals surface area contributed by atoms with Gasteiger partial charge in [0, 0.05) is 36.2 Å². The predicted molar refractivity (Wildman–Crippen MR) is 150 cm³/mol. The van der Waals surface area contributed by atoms with E-state index in [1.54, 1.807) is 30.3 Å². The van der Waals surface area contributed by atoms with Crippen molar-refractivity contribution in [1.29, 1.82) is 0 Å². The maximum atomic E-state index is 13.6. The summed E-state index contributed by atoms with van der Waals surface area (Å²) in [5.41, 5.74) is 1.77. The SMILES string of the molecule is COc1cc(C=O)cc2c1OC1C2C(C(=O)NCCO)=CC(N(Cc2ccc(Cl)c(Cl)c2)C(=O)CC(C)C)C1O. The summed E-state index contributed by atoms with van der Waals surface area (Å²) in [5, 5.41) is 24.4. The van der Waals surface area contributed by atoms with E-state index in [1.165, 1.54) is 18.1 Å². The molecule has 2 aromatic carbocycles. The number of hydrogen-bond donors (Lipinski definition) is 3. The largest absolute Gasteiger partial charge is 0.493 e. The van der Waals surface area contributed by atoms with Gasteiger partial charge < -0.3 is 29.9 Å². The molecule has 214 valence electrons. The molecule has 0 fully saturated rings. The van der Waals surface area contributed by atoms with E-state index < -0.39 is 30.1 Å². The highest BCUT2D eigenvalue weighted by atomic mass is 35.5. The zero-order valence-electron chi connectivity index (χ0n) is 22.4. The number of aliphatic hydroxyl groups excluding tert-OH is 2. The summed E-state index contributed by atoms with van der Waals surface area (Å²) in [6, 6.07) is 7.22. The van der Waals surface area contributed by atoms with Crippen molar-refractivity contribution in [3.8, 4) is 11.5 Å². The second-order valence-corrected chi connectivity index (χ2v) is 11.1. The molecular weight excluding hydrogens is 559 g/mol. The zero-order chi connectivity index (χ0) is 29.1. The van der Waals surface area contributed by atoms with Crippen LogP contribution in [0.2, 0.25) is 10.0 Å². The number of ether oxygens (including phenoxy) is 2. The Hall–Kier alpha value is -3.11. The number of nitrogens with zero attached hydrogens (tertiary/aromatic N) is 1. The number of halogens is 2. The van der Waals surface area contributed by atoms with Gasteiger partial charge in [0.05, 0.1) is 35.7 Å². The lowest BCUT2D eigenvalue weighted by Crippen LogP contribution is -2.55. The monoisotopic (exact) mass is 590 g/mol. The third kappa shape index (κ3) is 5.98. The molecule has 2 aromatic rings. The van der Waals surface area contributed by atoms with Gasteiger partial charge in [0.1, 0.15) is 18.5 Å². The molecule has 4 unspecified atom stereocenters. The number of carbonyl (C=O) groups is 3. The standard InChI is InChI=1S/C29H32Cl2N2O7/c1-15(2)8-24(36)33(13-16-4-5-20(30)21(31)10-16)22-12-19(29(38)32-6-7-34)25-18-9-17(14-35)11-23(39-3)27(18)40-28(25)26(22)37/h4-5,9-12,14-15,22,25-26,28,34,37H,6-8,13H2,1-3H3,(H,32,38). The van der Waals surface area contributed by atoms with E-state index in [0.717, 1.165) is 0 Å². The highest BCUT2D eigenvalue weighted by Gasteiger charge is 2.51. The van der Waals surface area contributed by atoms with Crippen LogP contribution in [0.5, 0.6) is 11.5 Å². The van der Waals surface area contributed by atoms with Crippen molar-refractivity contribution in [3.05, 3.63) is 68.7 Å². The second kappa shape index (κ2) is 12.6. The van der Waals surface area contributed by atoms with Gasteiger partial charge in [-0.3, -0.25) is 14.4 Å². The summed E-state index contributed by atoms with van der Waals surface area (Å²) in [6.07, 6.45) is 0.244. The van der Waals surface area contributed by atoms with Gasteiger partial charge in [-0.25, -0.2) is 0 Å². The fraction of sp³-hybridized carbons (Fsp3) is 0.414. The van der Waals surface area contributed by atoms with Crippen LogP contribution in [0, 0.1) is 5.92 Å². The molecule has 4 rings (SSSR count). The molecule has 0 saturated heterocycles. The first-order valence-electron chi connectivity index (χ1n) is 13.0. The number of aliphatic hydroxyl groups is 2. The number of carbonyl (C=O) groups excluding carboxylic acids is 3. The molecular formula is C29H32Cl2N2O7. The normalized spacial score (nSPS) is 21.1. The lowest BCUT2D eigenvalue weighted by Gasteiger charge is -2.41. The molecule has 2 amide bonds. The summed E-state index contributed by atoms with van der Waals surface area (Å²) < 4.78 is 11.7. The van der Waals surface area contributed by atoms with Crippen LogP contribution < -0.4 is 14.8 Å². The van der Waals surface area contributed by atoms with Crippen molar-refractivity contribution in [2.24, 2.45) is 5.92 Å². The lowest BCUT2D eigenvalue weighted by atomic mass is 9.77. The number of benzene rings is 2. The molecule has 0 bridgehead atoms. The van der Waals surface area contributed by atoms with Crippen molar-refractivity contribution in [3.63, 3.8) is 0 Å². The van der Waals surface area contributed by atoms with Crippen LogP contribution >= 0.6 is 23.2 Å². The Bertz CT molecular complexity index is 1330. The summed E-state index contributed by atoms with van der Waals surface area (Å²) in [6.45, 7) is 3.66. The van der Waals surface area contributed by atoms with Crippen molar-refractivity contribution in [2.45, 2.75) is 51.0 Å². The van der Waals surface area contributed by atoms with Crippen LogP contribution in [0.15, 0.2) is 42.0 Å². The van der Waals surface area contributed by atoms with Gasteiger partial charge >= 0.3 is 0 Å². The Morgan fingerprint density at radius 2 is 1.95 bits per heavy atom. The smallest absolute Gasteiger partial charge is 0.247 e. The van der Waals surface area contributed by atoms with Crippen LogP contribution in [0.3, 0.4) is 0 Å². The number of aldehydes is 1. The van der Waals surface area contributed by atoms with Crippen molar-refractivity contribution in [1.82, 2.24) is 10.2 Å². The van der Waals surface area contributed by atoms with Crippen LogP contribution in [-0.2, 0) is 16.1 Å². The summed E-state index contributed by atoms with van der Waals surface area (Å²) >= 11 is 12.3. The molecule has 4 atom stereocenters. The van der Waals surface area contributed by atoms with Crippen LogP contribution in [0.25, 0.3) is 0 Å². The fourth-order valence-electron chi connectivity index (χ4n) is 5.22. The van der Waals surface area contributed by atoms with E-state index in [-0.39, 0.29) is 49.3 Å². The maximum absolute atomic E-state index is 13.6. The quantitative estimate of drug-likeness (QED) is 0.361. The van der Waals surface area contributed by atoms with Crippen molar-refractivity contribution >= 4 is 41.3 Å². The summed E-state index contributed by atoms with van der Waals surface area (Å²) in [4.78, 5) is 40.2. The minimum absolute atomic E-state index is 0.00542. The Morgan fingerprint density at radius 1 is 1.20 bits per heavy atom. The Kier molecular flexibility index (Phi) is 9.41. The van der Waals surface area contributed by atoms with Gasteiger partial charge in [-0.15, -0.1) is 0 Å². The predicted octanol–water partition coefficient (Wildman–Crippen LogP) is 3.51. The second-order valence-electron chi connectivity index (χ2n) is 10.3. The molecule has 1 heterocycles. The number of rotatable bonds is 10. The summed E-state index contributed by atoms with van der Waals surface area (Å²) in [5.74, 6) is -0.832. The van der Waals surface area contributed by atoms with Crippen LogP contribution in [0.1, 0.15) is 47.7 Å². The number of amides is 2. The zero-order valence-corrected chi connectivity index (χ0v) is 23.9. The van der Waals surface area contributed by atoms with E-state index >= 15 is 0 Å². The molecule has 2 aliphatic rings. The number of hydrogen-bond acceptors (Lipinski definition) is 7. The van der Waals surface area contributed by atoms with E-state index in [1.807, 2.05) is 13.8 Å². The molecule has 11 heteroatoms. The number of fused-ring (bicyclic) bond motifs is 3. The lowest BCUT2D eigenvalue weighted by molar-refractivity contribution is -0.138. The Morgan fingerprint density at radius 3 is 2.58 bits per heavy atom. The first-order chi connectivity index (χ1) is 19.1. The first kappa shape index (κ1) is 29.9. The first-order valence-corrected chi connectivity index (χ1v) is 13.7. The molecule has 1 aliphatic carbocycles. The minimum atomic E-state index is -1.24. The fourth-order valence-corrected chi connectivity index (χ4v) is 5.54. The molecule has 3 N–H and O–H groups in total. The van der Waals surface area contributed by atoms with Gasteiger partial charge in [-0.1, -0.05) is 43.1 Å². The van der Waals surface area contributed by atoms with E-state index in [0.29, 0.717) is 38.8 Å². The highest BCUT2D eigenvalue weighted by molar-refractivity contribution is 6.42. The van der Waals surface area contributed by atoms with Gasteiger partial charge in [0.25, 0.3) is 0 Å². The molecule has 0 spiro atoms. The molecule has 0 radical (unpaired) electrons. The average molecular weight is 591 g/mol. The Balaban J connectivity index is 1.83. The van der Waals surface area contributed by atoms with Crippen LogP contribution in [-0.4, -0.2) is 71.7 Å². The minimum Gasteiger partial charge on any atom is -0.493 e. The Labute approximate surface area is 242 Å². The van der Waals surface area contributed by atoms with Gasteiger partial charge in [0.15, 0.2) is 11.5 Å². The van der Waals surface area contributed by atoms with Crippen molar-refractivity contribution < 1.29 is 34.1 Å². The number of nitrogens with one attached hydrogen (secondary N) is 1. The van der Waals surface area contributed by atoms with Gasteiger partial charge in [0.2, 0.25) is 11.8 Å². The number of methoxy groups -OCH3 is 1. The molecule has 0 aromatic heterocycles. The summed E-state index contributed by atoms with van der Waals surface area (Å²) in [7, 11) is 1.43. The van der Waals surface area contributed by atoms with Crippen molar-refractivity contribution in [2.75, 3.05) is 20.3 Å². The van der Waals surface area contributed by atoms with Gasteiger partial charge in [-0.05, 0) is 41.8 Å². The topological polar surface area (TPSA) is 125 Å². The maximum Gasteiger partial charge on any atom is 0.247 e. The van der Waals surface area contributed by atoms with Crippen LogP contribution in [0.4, 0.5) is 0 Å². The third-order valence-corrected chi connectivity index (χ3v) is 7.75. The average Bonchev–Trinajstić information content (AvgIpc) is 3.32. The highest BCUT2D eigenvalue weighted by Crippen LogP contribution is 2.51. The van der Waals surface area contributed by atoms with E-state index in [2.05, 4.69) is 5.32 Å². The van der Waals surface area contributed by atoms with E-state index in [4.69, 9.17) is 32.7 Å².